The minimum atomic E-state index is -0.0761. The number of nitrogens with zero attached hydrogens (tertiary/aromatic N) is 3. The Morgan fingerprint density at radius 2 is 2.40 bits per heavy atom. The van der Waals surface area contributed by atoms with E-state index < -0.39 is 0 Å². The van der Waals surface area contributed by atoms with Crippen molar-refractivity contribution < 1.29 is 4.79 Å². The van der Waals surface area contributed by atoms with Gasteiger partial charge in [0.05, 0.1) is 29.7 Å². The number of amides is 1. The largest absolute Gasteiger partial charge is 0.322 e. The zero-order valence-electron chi connectivity index (χ0n) is 10.7. The van der Waals surface area contributed by atoms with Crippen molar-refractivity contribution >= 4 is 23.2 Å². The standard InChI is InChI=1S/C14H13ClN4O/c15-13-12(17-14(20)10-4-1-2-5-10)9-19(18-13)11-6-3-7-16-8-11/h1,3-4,6-10H,2,5H2,(H,17,20)/t10-/m0/s1. The highest BCUT2D eigenvalue weighted by atomic mass is 35.5. The lowest BCUT2D eigenvalue weighted by molar-refractivity contribution is -0.118. The molecule has 0 spiro atoms. The lowest BCUT2D eigenvalue weighted by Crippen LogP contribution is -2.19. The smallest absolute Gasteiger partial charge is 0.231 e. The molecule has 1 aliphatic rings. The summed E-state index contributed by atoms with van der Waals surface area (Å²) in [5.74, 6) is -0.126. The molecule has 6 heteroatoms. The molecule has 0 aromatic carbocycles. The number of nitrogens with one attached hydrogen (secondary N) is 1. The first kappa shape index (κ1) is 12.9. The number of aromatic nitrogens is 3. The molecule has 20 heavy (non-hydrogen) atoms. The monoisotopic (exact) mass is 288 g/mol. The second-order valence-corrected chi connectivity index (χ2v) is 4.95. The van der Waals surface area contributed by atoms with Gasteiger partial charge < -0.3 is 5.32 Å². The Bertz CT molecular complexity index is 650. The van der Waals surface area contributed by atoms with E-state index >= 15 is 0 Å². The first-order chi connectivity index (χ1) is 9.74. The quantitative estimate of drug-likeness (QED) is 0.884. The SMILES string of the molecule is O=C(Nc1cn(-c2cccnc2)nc1Cl)[C@H]1C=CCC1. The van der Waals surface area contributed by atoms with Crippen LogP contribution in [-0.2, 0) is 4.79 Å². The van der Waals surface area contributed by atoms with Crippen molar-refractivity contribution in [1.29, 1.82) is 0 Å². The van der Waals surface area contributed by atoms with Crippen LogP contribution in [-0.4, -0.2) is 20.7 Å². The van der Waals surface area contributed by atoms with Crippen molar-refractivity contribution in [2.24, 2.45) is 5.92 Å². The van der Waals surface area contributed by atoms with E-state index in [1.807, 2.05) is 24.3 Å². The van der Waals surface area contributed by atoms with E-state index in [0.717, 1.165) is 18.5 Å². The summed E-state index contributed by atoms with van der Waals surface area (Å²) in [7, 11) is 0. The summed E-state index contributed by atoms with van der Waals surface area (Å²) in [6.07, 6.45) is 10.8. The first-order valence-corrected chi connectivity index (χ1v) is 6.75. The molecular weight excluding hydrogens is 276 g/mol. The number of hydrogen-bond acceptors (Lipinski definition) is 3. The van der Waals surface area contributed by atoms with E-state index in [9.17, 15) is 4.79 Å². The maximum Gasteiger partial charge on any atom is 0.231 e. The fourth-order valence-electron chi connectivity index (χ4n) is 2.13. The van der Waals surface area contributed by atoms with Crippen molar-refractivity contribution in [3.63, 3.8) is 0 Å². The van der Waals surface area contributed by atoms with Crippen LogP contribution >= 0.6 is 11.6 Å². The topological polar surface area (TPSA) is 59.8 Å². The number of carbonyl (C=O) groups is 1. The van der Waals surface area contributed by atoms with Crippen molar-refractivity contribution in [1.82, 2.24) is 14.8 Å². The van der Waals surface area contributed by atoms with Crippen molar-refractivity contribution in [3.8, 4) is 5.69 Å². The highest BCUT2D eigenvalue weighted by Crippen LogP contribution is 2.24. The van der Waals surface area contributed by atoms with E-state index in [1.54, 1.807) is 23.3 Å². The first-order valence-electron chi connectivity index (χ1n) is 6.37. The Labute approximate surface area is 121 Å². The van der Waals surface area contributed by atoms with Crippen LogP contribution in [0.1, 0.15) is 12.8 Å². The highest BCUT2D eigenvalue weighted by Gasteiger charge is 2.20. The Morgan fingerprint density at radius 3 is 3.10 bits per heavy atom. The molecule has 1 aliphatic carbocycles. The molecule has 5 nitrogen and oxygen atoms in total. The Morgan fingerprint density at radius 1 is 1.50 bits per heavy atom. The molecule has 3 rings (SSSR count). The van der Waals surface area contributed by atoms with E-state index in [4.69, 9.17) is 11.6 Å². The molecule has 0 radical (unpaired) electrons. The maximum absolute atomic E-state index is 12.0. The van der Waals surface area contributed by atoms with Gasteiger partial charge in [0.2, 0.25) is 5.91 Å². The van der Waals surface area contributed by atoms with Crippen LogP contribution < -0.4 is 5.32 Å². The van der Waals surface area contributed by atoms with Gasteiger partial charge in [0.1, 0.15) is 0 Å². The summed E-state index contributed by atoms with van der Waals surface area (Å²) in [6.45, 7) is 0. The molecule has 0 unspecified atom stereocenters. The number of pyridine rings is 1. The summed E-state index contributed by atoms with van der Waals surface area (Å²) in [4.78, 5) is 16.1. The van der Waals surface area contributed by atoms with Crippen LogP contribution in [0.3, 0.4) is 0 Å². The lowest BCUT2D eigenvalue weighted by atomic mass is 10.1. The third-order valence-electron chi connectivity index (χ3n) is 3.19. The number of allylic oxidation sites excluding steroid dienone is 1. The third kappa shape index (κ3) is 2.58. The van der Waals surface area contributed by atoms with Gasteiger partial charge in [0.15, 0.2) is 5.15 Å². The second-order valence-electron chi connectivity index (χ2n) is 4.59. The van der Waals surface area contributed by atoms with Gasteiger partial charge >= 0.3 is 0 Å². The summed E-state index contributed by atoms with van der Waals surface area (Å²) in [5.41, 5.74) is 1.30. The molecule has 0 aliphatic heterocycles. The Kier molecular flexibility index (Phi) is 3.52. The predicted molar refractivity (Wildman–Crippen MR) is 76.9 cm³/mol. The molecule has 0 saturated heterocycles. The Balaban J connectivity index is 1.79. The van der Waals surface area contributed by atoms with Crippen LogP contribution in [0.4, 0.5) is 5.69 Å². The predicted octanol–water partition coefficient (Wildman–Crippen LogP) is 2.83. The van der Waals surface area contributed by atoms with Gasteiger partial charge in [-0.15, -0.1) is 0 Å². The average molecular weight is 289 g/mol. The van der Waals surface area contributed by atoms with Gasteiger partial charge in [0, 0.05) is 6.20 Å². The van der Waals surface area contributed by atoms with Crippen molar-refractivity contribution in [2.75, 3.05) is 5.32 Å². The van der Waals surface area contributed by atoms with Crippen LogP contribution in [0.5, 0.6) is 0 Å². The number of anilines is 1. The summed E-state index contributed by atoms with van der Waals surface area (Å²) < 4.78 is 1.59. The number of halogens is 1. The van der Waals surface area contributed by atoms with Gasteiger partial charge in [-0.2, -0.15) is 5.10 Å². The van der Waals surface area contributed by atoms with Crippen LogP contribution in [0.25, 0.3) is 5.69 Å². The molecule has 1 N–H and O–H groups in total. The minimum absolute atomic E-state index is 0.0496. The molecule has 2 aromatic rings. The third-order valence-corrected chi connectivity index (χ3v) is 3.47. The summed E-state index contributed by atoms with van der Waals surface area (Å²) >= 11 is 6.06. The van der Waals surface area contributed by atoms with Crippen LogP contribution in [0.15, 0.2) is 42.9 Å². The van der Waals surface area contributed by atoms with Crippen molar-refractivity contribution in [3.05, 3.63) is 48.0 Å². The highest BCUT2D eigenvalue weighted by molar-refractivity contribution is 6.32. The molecule has 1 atom stereocenters. The van der Waals surface area contributed by atoms with Gasteiger partial charge in [-0.3, -0.25) is 9.78 Å². The lowest BCUT2D eigenvalue weighted by Gasteiger charge is -2.07. The Hall–Kier alpha value is -2.14. The second kappa shape index (κ2) is 5.46. The fourth-order valence-corrected chi connectivity index (χ4v) is 2.31. The zero-order chi connectivity index (χ0) is 13.9. The van der Waals surface area contributed by atoms with Crippen LogP contribution in [0.2, 0.25) is 5.15 Å². The molecular formula is C14H13ClN4O. The maximum atomic E-state index is 12.0. The summed E-state index contributed by atoms with van der Waals surface area (Å²) in [5, 5.41) is 7.25. The minimum Gasteiger partial charge on any atom is -0.322 e. The molecule has 0 saturated carbocycles. The summed E-state index contributed by atoms with van der Waals surface area (Å²) in [6, 6.07) is 3.67. The molecule has 2 aromatic heterocycles. The fraction of sp³-hybridized carbons (Fsp3) is 0.214. The van der Waals surface area contributed by atoms with E-state index in [-0.39, 0.29) is 17.0 Å². The van der Waals surface area contributed by atoms with Crippen LogP contribution in [0, 0.1) is 5.92 Å². The van der Waals surface area contributed by atoms with Gasteiger partial charge in [-0.25, -0.2) is 4.68 Å². The van der Waals surface area contributed by atoms with E-state index in [1.165, 1.54) is 0 Å². The number of carbonyl (C=O) groups excluding carboxylic acids is 1. The normalized spacial score (nSPS) is 17.4. The van der Waals surface area contributed by atoms with Gasteiger partial charge in [0.25, 0.3) is 0 Å². The van der Waals surface area contributed by atoms with E-state index in [2.05, 4.69) is 15.4 Å². The average Bonchev–Trinajstić information content (AvgIpc) is 3.10. The number of hydrogen-bond donors (Lipinski definition) is 1. The molecule has 0 bridgehead atoms. The van der Waals surface area contributed by atoms with Gasteiger partial charge in [-0.05, 0) is 25.0 Å². The van der Waals surface area contributed by atoms with E-state index in [0.29, 0.717) is 5.69 Å². The van der Waals surface area contributed by atoms with Crippen molar-refractivity contribution in [2.45, 2.75) is 12.8 Å². The number of rotatable bonds is 3. The molecule has 1 amide bonds. The zero-order valence-corrected chi connectivity index (χ0v) is 11.4. The van der Waals surface area contributed by atoms with Gasteiger partial charge in [-0.1, -0.05) is 23.8 Å². The molecule has 102 valence electrons. The molecule has 2 heterocycles. The molecule has 0 fully saturated rings.